The van der Waals surface area contributed by atoms with E-state index in [2.05, 4.69) is 4.74 Å². The zero-order chi connectivity index (χ0) is 13.7. The number of amides is 2. The van der Waals surface area contributed by atoms with Gasteiger partial charge in [0.2, 0.25) is 0 Å². The van der Waals surface area contributed by atoms with Gasteiger partial charge in [0.05, 0.1) is 19.8 Å². The van der Waals surface area contributed by atoms with Gasteiger partial charge in [0.25, 0.3) is 0 Å². The Morgan fingerprint density at radius 2 is 1.94 bits per heavy atom. The molecule has 18 heavy (non-hydrogen) atoms. The van der Waals surface area contributed by atoms with Crippen LogP contribution in [0.15, 0.2) is 0 Å². The SMILES string of the molecule is COC(=O)N1CCN(C(=O)OCC(C)C)CC1C. The van der Waals surface area contributed by atoms with E-state index in [4.69, 9.17) is 4.74 Å². The summed E-state index contributed by atoms with van der Waals surface area (Å²) in [5.74, 6) is 0.322. The molecule has 1 fully saturated rings. The minimum Gasteiger partial charge on any atom is -0.453 e. The fourth-order valence-electron chi connectivity index (χ4n) is 1.84. The highest BCUT2D eigenvalue weighted by atomic mass is 16.6. The fraction of sp³-hybridized carbons (Fsp3) is 0.833. The van der Waals surface area contributed by atoms with Gasteiger partial charge in [-0.3, -0.25) is 0 Å². The molecule has 1 heterocycles. The topological polar surface area (TPSA) is 59.1 Å². The third-order valence-electron chi connectivity index (χ3n) is 2.83. The van der Waals surface area contributed by atoms with E-state index < -0.39 is 0 Å². The molecule has 0 aromatic rings. The molecule has 0 saturated carbocycles. The highest BCUT2D eigenvalue weighted by Gasteiger charge is 2.30. The summed E-state index contributed by atoms with van der Waals surface area (Å²) in [5, 5.41) is 0. The molecule has 0 aliphatic carbocycles. The molecular formula is C12H22N2O4. The normalized spacial score (nSPS) is 19.9. The molecule has 1 rings (SSSR count). The Hall–Kier alpha value is -1.46. The second kappa shape index (κ2) is 6.47. The Labute approximate surface area is 108 Å². The average Bonchev–Trinajstić information content (AvgIpc) is 2.34. The van der Waals surface area contributed by atoms with Gasteiger partial charge in [-0.1, -0.05) is 13.8 Å². The largest absolute Gasteiger partial charge is 0.453 e. The third kappa shape index (κ3) is 3.78. The van der Waals surface area contributed by atoms with Crippen molar-refractivity contribution >= 4 is 12.2 Å². The number of carbonyl (C=O) groups excluding carboxylic acids is 2. The molecule has 6 heteroatoms. The van der Waals surface area contributed by atoms with Crippen LogP contribution in [0.5, 0.6) is 0 Å². The van der Waals surface area contributed by atoms with Gasteiger partial charge >= 0.3 is 12.2 Å². The summed E-state index contributed by atoms with van der Waals surface area (Å²) < 4.78 is 9.85. The molecule has 1 aliphatic rings. The van der Waals surface area contributed by atoms with Crippen molar-refractivity contribution in [3.8, 4) is 0 Å². The molecule has 0 aromatic heterocycles. The molecule has 2 amide bonds. The summed E-state index contributed by atoms with van der Waals surface area (Å²) in [6.07, 6.45) is -0.655. The lowest BCUT2D eigenvalue weighted by atomic mass is 10.2. The van der Waals surface area contributed by atoms with Gasteiger partial charge in [-0.15, -0.1) is 0 Å². The standard InChI is InChI=1S/C12H22N2O4/c1-9(2)8-18-11(15)13-5-6-14(10(3)7-13)12(16)17-4/h9-10H,5-8H2,1-4H3. The van der Waals surface area contributed by atoms with Gasteiger partial charge in [0.15, 0.2) is 0 Å². The Morgan fingerprint density at radius 3 is 2.44 bits per heavy atom. The van der Waals surface area contributed by atoms with E-state index in [0.717, 1.165) is 0 Å². The van der Waals surface area contributed by atoms with Gasteiger partial charge in [0, 0.05) is 19.6 Å². The van der Waals surface area contributed by atoms with Gasteiger partial charge in [-0.2, -0.15) is 0 Å². The van der Waals surface area contributed by atoms with Gasteiger partial charge in [-0.05, 0) is 12.8 Å². The van der Waals surface area contributed by atoms with E-state index in [1.165, 1.54) is 7.11 Å². The maximum absolute atomic E-state index is 11.8. The van der Waals surface area contributed by atoms with E-state index in [0.29, 0.717) is 32.2 Å². The molecule has 0 bridgehead atoms. The van der Waals surface area contributed by atoms with Crippen molar-refractivity contribution in [2.75, 3.05) is 33.4 Å². The summed E-state index contributed by atoms with van der Waals surface area (Å²) in [5.41, 5.74) is 0. The van der Waals surface area contributed by atoms with E-state index in [1.807, 2.05) is 20.8 Å². The number of carbonyl (C=O) groups is 2. The number of nitrogens with zero attached hydrogens (tertiary/aromatic N) is 2. The second-order valence-corrected chi connectivity index (χ2v) is 4.93. The minimum atomic E-state index is -0.349. The second-order valence-electron chi connectivity index (χ2n) is 4.93. The molecule has 1 unspecified atom stereocenters. The number of piperazine rings is 1. The van der Waals surface area contributed by atoms with E-state index >= 15 is 0 Å². The molecule has 1 atom stereocenters. The van der Waals surface area contributed by atoms with Crippen LogP contribution in [-0.4, -0.2) is 61.4 Å². The van der Waals surface area contributed by atoms with Crippen LogP contribution in [0.3, 0.4) is 0 Å². The van der Waals surface area contributed by atoms with Crippen molar-refractivity contribution in [3.63, 3.8) is 0 Å². The molecule has 0 spiro atoms. The first-order chi connectivity index (χ1) is 8.45. The van der Waals surface area contributed by atoms with Crippen LogP contribution in [0, 0.1) is 5.92 Å². The number of hydrogen-bond donors (Lipinski definition) is 0. The lowest BCUT2D eigenvalue weighted by Crippen LogP contribution is -2.55. The summed E-state index contributed by atoms with van der Waals surface area (Å²) in [4.78, 5) is 26.4. The molecule has 1 aliphatic heterocycles. The molecule has 6 nitrogen and oxygen atoms in total. The predicted molar refractivity (Wildman–Crippen MR) is 66.3 cm³/mol. The van der Waals surface area contributed by atoms with Crippen LogP contribution in [0.2, 0.25) is 0 Å². The smallest absolute Gasteiger partial charge is 0.409 e. The van der Waals surface area contributed by atoms with Gasteiger partial charge in [-0.25, -0.2) is 9.59 Å². The van der Waals surface area contributed by atoms with Crippen molar-refractivity contribution < 1.29 is 19.1 Å². The summed E-state index contributed by atoms with van der Waals surface area (Å²) in [7, 11) is 1.36. The minimum absolute atomic E-state index is 0.0576. The summed E-state index contributed by atoms with van der Waals surface area (Å²) in [6, 6.07) is -0.0576. The van der Waals surface area contributed by atoms with E-state index in [-0.39, 0.29) is 18.2 Å². The van der Waals surface area contributed by atoms with Crippen molar-refractivity contribution in [3.05, 3.63) is 0 Å². The van der Waals surface area contributed by atoms with Crippen molar-refractivity contribution in [2.24, 2.45) is 5.92 Å². The van der Waals surface area contributed by atoms with Crippen LogP contribution < -0.4 is 0 Å². The van der Waals surface area contributed by atoms with Crippen molar-refractivity contribution in [1.29, 1.82) is 0 Å². The van der Waals surface area contributed by atoms with Crippen LogP contribution >= 0.6 is 0 Å². The van der Waals surface area contributed by atoms with E-state index in [9.17, 15) is 9.59 Å². The highest BCUT2D eigenvalue weighted by Crippen LogP contribution is 2.12. The monoisotopic (exact) mass is 258 g/mol. The fourth-order valence-corrected chi connectivity index (χ4v) is 1.84. The Balaban J connectivity index is 2.45. The molecule has 104 valence electrons. The average molecular weight is 258 g/mol. The third-order valence-corrected chi connectivity index (χ3v) is 2.83. The number of hydrogen-bond acceptors (Lipinski definition) is 4. The first-order valence-corrected chi connectivity index (χ1v) is 6.22. The van der Waals surface area contributed by atoms with Crippen LogP contribution in [0.1, 0.15) is 20.8 Å². The summed E-state index contributed by atoms with van der Waals surface area (Å²) in [6.45, 7) is 7.73. The quantitative estimate of drug-likeness (QED) is 0.754. The zero-order valence-electron chi connectivity index (χ0n) is 11.5. The Morgan fingerprint density at radius 1 is 1.28 bits per heavy atom. The van der Waals surface area contributed by atoms with Gasteiger partial charge < -0.3 is 19.3 Å². The lowest BCUT2D eigenvalue weighted by Gasteiger charge is -2.38. The number of rotatable bonds is 2. The van der Waals surface area contributed by atoms with Crippen LogP contribution in [-0.2, 0) is 9.47 Å². The first-order valence-electron chi connectivity index (χ1n) is 6.22. The van der Waals surface area contributed by atoms with Crippen molar-refractivity contribution in [1.82, 2.24) is 9.80 Å². The molecular weight excluding hydrogens is 236 g/mol. The van der Waals surface area contributed by atoms with Gasteiger partial charge in [0.1, 0.15) is 0 Å². The predicted octanol–water partition coefficient (Wildman–Crippen LogP) is 1.55. The highest BCUT2D eigenvalue weighted by molar-refractivity contribution is 5.70. The maximum Gasteiger partial charge on any atom is 0.409 e. The molecule has 0 N–H and O–H groups in total. The summed E-state index contributed by atoms with van der Waals surface area (Å²) >= 11 is 0. The van der Waals surface area contributed by atoms with Crippen molar-refractivity contribution in [2.45, 2.75) is 26.8 Å². The maximum atomic E-state index is 11.8. The number of methoxy groups -OCH3 is 1. The van der Waals surface area contributed by atoms with Crippen LogP contribution in [0.25, 0.3) is 0 Å². The molecule has 1 saturated heterocycles. The first kappa shape index (κ1) is 14.6. The molecule has 0 radical (unpaired) electrons. The van der Waals surface area contributed by atoms with E-state index in [1.54, 1.807) is 9.80 Å². The molecule has 0 aromatic carbocycles. The Bertz CT molecular complexity index is 306. The Kier molecular flexibility index (Phi) is 5.25. The van der Waals surface area contributed by atoms with Crippen LogP contribution in [0.4, 0.5) is 9.59 Å². The zero-order valence-corrected chi connectivity index (χ0v) is 11.5. The number of ether oxygens (including phenoxy) is 2. The lowest BCUT2D eigenvalue weighted by molar-refractivity contribution is 0.0443.